The summed E-state index contributed by atoms with van der Waals surface area (Å²) >= 11 is 0. The number of aryl methyl sites for hydroxylation is 2. The van der Waals surface area contributed by atoms with Gasteiger partial charge in [0.1, 0.15) is 6.61 Å². The standard InChI is InChI=1S/C25H28N2O4/c28-24(16-18-9-10-19-5-1-2-6-20(19)15-18)26-11-13-27(14-12-26)25(29)23-17-30-21-7-3-4-8-22(21)31-23/h3-4,7-10,15,23H,1-2,5-6,11-14,16-17H2. The summed E-state index contributed by atoms with van der Waals surface area (Å²) in [7, 11) is 0. The molecule has 2 amide bonds. The van der Waals surface area contributed by atoms with Crippen LogP contribution >= 0.6 is 0 Å². The second-order valence-electron chi connectivity index (χ2n) is 8.56. The van der Waals surface area contributed by atoms with E-state index in [2.05, 4.69) is 18.2 Å². The summed E-state index contributed by atoms with van der Waals surface area (Å²) in [5.41, 5.74) is 3.94. The number of carbonyl (C=O) groups excluding carboxylic acids is 2. The van der Waals surface area contributed by atoms with Crippen molar-refractivity contribution in [1.29, 1.82) is 0 Å². The number of hydrogen-bond acceptors (Lipinski definition) is 4. The van der Waals surface area contributed by atoms with Crippen molar-refractivity contribution >= 4 is 11.8 Å². The molecular formula is C25H28N2O4. The summed E-state index contributed by atoms with van der Waals surface area (Å²) in [5, 5.41) is 0. The van der Waals surface area contributed by atoms with Gasteiger partial charge in [-0.3, -0.25) is 9.59 Å². The van der Waals surface area contributed by atoms with Crippen molar-refractivity contribution in [2.24, 2.45) is 0 Å². The average Bonchev–Trinajstić information content (AvgIpc) is 2.83. The Morgan fingerprint density at radius 2 is 1.58 bits per heavy atom. The molecule has 0 bridgehead atoms. The lowest BCUT2D eigenvalue weighted by atomic mass is 9.90. The van der Waals surface area contributed by atoms with Crippen LogP contribution in [0, 0.1) is 0 Å². The number of benzene rings is 2. The van der Waals surface area contributed by atoms with Crippen LogP contribution in [0.4, 0.5) is 0 Å². The van der Waals surface area contributed by atoms with E-state index in [4.69, 9.17) is 9.47 Å². The van der Waals surface area contributed by atoms with Crippen molar-refractivity contribution in [3.8, 4) is 11.5 Å². The molecule has 31 heavy (non-hydrogen) atoms. The predicted octanol–water partition coefficient (Wildman–Crippen LogP) is 2.62. The molecule has 1 atom stereocenters. The van der Waals surface area contributed by atoms with Crippen LogP contribution in [0.15, 0.2) is 42.5 Å². The molecule has 1 saturated heterocycles. The number of nitrogens with zero attached hydrogens (tertiary/aromatic N) is 2. The van der Waals surface area contributed by atoms with Crippen LogP contribution in [-0.4, -0.2) is 60.5 Å². The average molecular weight is 421 g/mol. The number of carbonyl (C=O) groups is 2. The van der Waals surface area contributed by atoms with Crippen LogP contribution in [0.1, 0.15) is 29.5 Å². The van der Waals surface area contributed by atoms with Gasteiger partial charge >= 0.3 is 0 Å². The predicted molar refractivity (Wildman–Crippen MR) is 116 cm³/mol. The van der Waals surface area contributed by atoms with Crippen LogP contribution in [0.3, 0.4) is 0 Å². The minimum absolute atomic E-state index is 0.0729. The van der Waals surface area contributed by atoms with Crippen LogP contribution in [0.2, 0.25) is 0 Å². The van der Waals surface area contributed by atoms with Gasteiger partial charge in [-0.15, -0.1) is 0 Å². The summed E-state index contributed by atoms with van der Waals surface area (Å²) in [6, 6.07) is 13.9. The van der Waals surface area contributed by atoms with E-state index >= 15 is 0 Å². The van der Waals surface area contributed by atoms with E-state index in [0.717, 1.165) is 18.4 Å². The molecule has 1 fully saturated rings. The van der Waals surface area contributed by atoms with Crippen LogP contribution in [-0.2, 0) is 28.9 Å². The number of piperazine rings is 1. The smallest absolute Gasteiger partial charge is 0.267 e. The first-order chi connectivity index (χ1) is 15.2. The molecule has 2 aliphatic heterocycles. The lowest BCUT2D eigenvalue weighted by Gasteiger charge is -2.37. The fourth-order valence-electron chi connectivity index (χ4n) is 4.70. The first-order valence-corrected chi connectivity index (χ1v) is 11.2. The van der Waals surface area contributed by atoms with Gasteiger partial charge in [0.05, 0.1) is 6.42 Å². The number of para-hydroxylation sites is 2. The zero-order valence-electron chi connectivity index (χ0n) is 17.7. The van der Waals surface area contributed by atoms with Crippen molar-refractivity contribution in [1.82, 2.24) is 9.80 Å². The number of hydrogen-bond donors (Lipinski definition) is 0. The Morgan fingerprint density at radius 3 is 2.39 bits per heavy atom. The summed E-state index contributed by atoms with van der Waals surface area (Å²) in [6.07, 6.45) is 4.57. The van der Waals surface area contributed by atoms with Crippen molar-refractivity contribution in [3.05, 3.63) is 59.2 Å². The van der Waals surface area contributed by atoms with Gasteiger partial charge in [0.25, 0.3) is 5.91 Å². The van der Waals surface area contributed by atoms with Crippen molar-refractivity contribution in [2.45, 2.75) is 38.2 Å². The maximum atomic E-state index is 12.9. The highest BCUT2D eigenvalue weighted by molar-refractivity contribution is 5.83. The summed E-state index contributed by atoms with van der Waals surface area (Å²) in [6.45, 7) is 2.37. The number of amides is 2. The lowest BCUT2D eigenvalue weighted by Crippen LogP contribution is -2.55. The maximum absolute atomic E-state index is 12.9. The van der Waals surface area contributed by atoms with Crippen molar-refractivity contribution in [3.63, 3.8) is 0 Å². The lowest BCUT2D eigenvalue weighted by molar-refractivity contribution is -0.146. The number of rotatable bonds is 3. The SMILES string of the molecule is O=C(Cc1ccc2c(c1)CCCC2)N1CCN(C(=O)C2COc3ccccc3O2)CC1. The Kier molecular flexibility index (Phi) is 5.53. The minimum Gasteiger partial charge on any atom is -0.485 e. The molecule has 0 radical (unpaired) electrons. The van der Waals surface area contributed by atoms with E-state index < -0.39 is 6.10 Å². The Balaban J connectivity index is 1.14. The highest BCUT2D eigenvalue weighted by atomic mass is 16.6. The molecule has 0 N–H and O–H groups in total. The van der Waals surface area contributed by atoms with Gasteiger partial charge in [0.15, 0.2) is 11.5 Å². The van der Waals surface area contributed by atoms with Crippen molar-refractivity contribution in [2.75, 3.05) is 32.8 Å². The van der Waals surface area contributed by atoms with Crippen molar-refractivity contribution < 1.29 is 19.1 Å². The second-order valence-corrected chi connectivity index (χ2v) is 8.56. The zero-order valence-corrected chi connectivity index (χ0v) is 17.7. The van der Waals surface area contributed by atoms with E-state index in [1.54, 1.807) is 4.90 Å². The third kappa shape index (κ3) is 4.24. The van der Waals surface area contributed by atoms with E-state index in [1.807, 2.05) is 29.2 Å². The van der Waals surface area contributed by atoms with Gasteiger partial charge < -0.3 is 19.3 Å². The molecule has 162 valence electrons. The quantitative estimate of drug-likeness (QED) is 0.766. The van der Waals surface area contributed by atoms with Gasteiger partial charge in [-0.05, 0) is 54.5 Å². The first-order valence-electron chi connectivity index (χ1n) is 11.2. The Morgan fingerprint density at radius 1 is 0.871 bits per heavy atom. The molecule has 0 aromatic heterocycles. The third-order valence-corrected chi connectivity index (χ3v) is 6.50. The largest absolute Gasteiger partial charge is 0.485 e. The highest BCUT2D eigenvalue weighted by Gasteiger charge is 2.33. The monoisotopic (exact) mass is 420 g/mol. The summed E-state index contributed by atoms with van der Waals surface area (Å²) < 4.78 is 11.5. The zero-order chi connectivity index (χ0) is 21.2. The van der Waals surface area contributed by atoms with Crippen LogP contribution < -0.4 is 9.47 Å². The first kappa shape index (κ1) is 19.9. The maximum Gasteiger partial charge on any atom is 0.267 e. The summed E-state index contributed by atoms with van der Waals surface area (Å²) in [5.74, 6) is 1.33. The van der Waals surface area contributed by atoms with Crippen LogP contribution in [0.25, 0.3) is 0 Å². The highest BCUT2D eigenvalue weighted by Crippen LogP contribution is 2.31. The van der Waals surface area contributed by atoms with Gasteiger partial charge in [-0.25, -0.2) is 0 Å². The molecule has 6 heteroatoms. The molecule has 5 rings (SSSR count). The minimum atomic E-state index is -0.632. The molecule has 2 aromatic carbocycles. The number of fused-ring (bicyclic) bond motifs is 2. The van der Waals surface area contributed by atoms with Gasteiger partial charge in [-0.2, -0.15) is 0 Å². The molecule has 0 spiro atoms. The summed E-state index contributed by atoms with van der Waals surface area (Å²) in [4.78, 5) is 29.4. The molecule has 2 heterocycles. The number of ether oxygens (including phenoxy) is 2. The fraction of sp³-hybridized carbons (Fsp3) is 0.440. The van der Waals surface area contributed by atoms with E-state index in [-0.39, 0.29) is 18.4 Å². The Hall–Kier alpha value is -3.02. The van der Waals surface area contributed by atoms with Gasteiger partial charge in [-0.1, -0.05) is 30.3 Å². The van der Waals surface area contributed by atoms with Gasteiger partial charge in [0.2, 0.25) is 12.0 Å². The third-order valence-electron chi connectivity index (χ3n) is 6.50. The van der Waals surface area contributed by atoms with E-state index in [1.165, 1.54) is 24.0 Å². The topological polar surface area (TPSA) is 59.1 Å². The van der Waals surface area contributed by atoms with Gasteiger partial charge in [0, 0.05) is 26.2 Å². The Bertz CT molecular complexity index is 981. The molecule has 0 saturated carbocycles. The fourth-order valence-corrected chi connectivity index (χ4v) is 4.70. The molecule has 1 unspecified atom stereocenters. The molecule has 3 aliphatic rings. The molecule has 1 aliphatic carbocycles. The molecular weight excluding hydrogens is 392 g/mol. The molecule has 2 aromatic rings. The van der Waals surface area contributed by atoms with Crippen LogP contribution in [0.5, 0.6) is 11.5 Å². The Labute approximate surface area is 182 Å². The van der Waals surface area contributed by atoms with E-state index in [0.29, 0.717) is 44.1 Å². The normalized spacial score (nSPS) is 20.2. The van der Waals surface area contributed by atoms with E-state index in [9.17, 15) is 9.59 Å². The second kappa shape index (κ2) is 8.61. The molecule has 6 nitrogen and oxygen atoms in total.